The summed E-state index contributed by atoms with van der Waals surface area (Å²) in [6.07, 6.45) is 0. The first kappa shape index (κ1) is 19.8. The molecule has 2 aromatic rings. The second kappa shape index (κ2) is 8.72. The summed E-state index contributed by atoms with van der Waals surface area (Å²) < 4.78 is 38.4. The fourth-order valence-corrected chi connectivity index (χ4v) is 3.31. The average Bonchev–Trinajstić information content (AvgIpc) is 2.63. The molecule has 2 rings (SSSR count). The molecule has 0 saturated carbocycles. The number of methoxy groups -OCH3 is 1. The molecule has 0 fully saturated rings. The van der Waals surface area contributed by atoms with Crippen LogP contribution in [0.5, 0.6) is 11.5 Å². The number of rotatable bonds is 7. The minimum atomic E-state index is -3.77. The molecule has 7 nitrogen and oxygen atoms in total. The summed E-state index contributed by atoms with van der Waals surface area (Å²) >= 11 is 5.05. The number of hydrogen-bond donors (Lipinski definition) is 3. The fraction of sp³-hybridized carbons (Fsp3) is 0.235. The van der Waals surface area contributed by atoms with E-state index in [4.69, 9.17) is 21.7 Å². The van der Waals surface area contributed by atoms with E-state index < -0.39 is 10.0 Å². The summed E-state index contributed by atoms with van der Waals surface area (Å²) in [6, 6.07) is 11.2. The van der Waals surface area contributed by atoms with E-state index in [1.165, 1.54) is 19.2 Å². The van der Waals surface area contributed by atoms with Crippen molar-refractivity contribution in [3.63, 3.8) is 0 Å². The quantitative estimate of drug-likeness (QED) is 0.621. The lowest BCUT2D eigenvalue weighted by molar-refractivity contribution is 0.340. The zero-order valence-corrected chi connectivity index (χ0v) is 16.3. The van der Waals surface area contributed by atoms with Crippen LogP contribution in [0.1, 0.15) is 6.92 Å². The van der Waals surface area contributed by atoms with E-state index in [-0.39, 0.29) is 4.90 Å². The van der Waals surface area contributed by atoms with E-state index in [0.717, 1.165) is 0 Å². The maximum absolute atomic E-state index is 12.6. The Morgan fingerprint density at radius 3 is 2.42 bits per heavy atom. The maximum atomic E-state index is 12.6. The van der Waals surface area contributed by atoms with Gasteiger partial charge in [-0.05, 0) is 55.5 Å². The molecule has 0 radical (unpaired) electrons. The van der Waals surface area contributed by atoms with E-state index in [0.29, 0.717) is 34.6 Å². The van der Waals surface area contributed by atoms with Gasteiger partial charge in [0.25, 0.3) is 10.0 Å². The highest BCUT2D eigenvalue weighted by molar-refractivity contribution is 7.92. The molecule has 9 heteroatoms. The molecule has 0 bridgehead atoms. The molecule has 0 aromatic heterocycles. The largest absolute Gasteiger partial charge is 0.495 e. The van der Waals surface area contributed by atoms with E-state index in [2.05, 4.69) is 15.4 Å². The monoisotopic (exact) mass is 395 g/mol. The SMILES string of the molecule is CCOc1ccc(NS(=O)(=O)c2ccc(NC(=S)NC)c(OC)c2)cc1. The van der Waals surface area contributed by atoms with Gasteiger partial charge < -0.3 is 20.1 Å². The third-order valence-electron chi connectivity index (χ3n) is 3.38. The Hall–Kier alpha value is -2.52. The second-order valence-corrected chi connectivity index (χ2v) is 7.22. The van der Waals surface area contributed by atoms with Gasteiger partial charge >= 0.3 is 0 Å². The van der Waals surface area contributed by atoms with Crippen LogP contribution in [-0.4, -0.2) is 34.3 Å². The predicted molar refractivity (Wildman–Crippen MR) is 107 cm³/mol. The van der Waals surface area contributed by atoms with Crippen LogP contribution in [0.15, 0.2) is 47.4 Å². The van der Waals surface area contributed by atoms with Crippen LogP contribution in [0.2, 0.25) is 0 Å². The zero-order valence-electron chi connectivity index (χ0n) is 14.7. The number of anilines is 2. The van der Waals surface area contributed by atoms with Gasteiger partial charge in [0.05, 0.1) is 24.3 Å². The Balaban J connectivity index is 2.23. The Kier molecular flexibility index (Phi) is 6.64. The van der Waals surface area contributed by atoms with Crippen LogP contribution in [0.3, 0.4) is 0 Å². The molecule has 3 N–H and O–H groups in total. The first-order valence-electron chi connectivity index (χ1n) is 7.82. The highest BCUT2D eigenvalue weighted by Gasteiger charge is 2.17. The first-order valence-corrected chi connectivity index (χ1v) is 9.71. The molecule has 140 valence electrons. The Bertz CT molecular complexity index is 868. The fourth-order valence-electron chi connectivity index (χ4n) is 2.13. The second-order valence-electron chi connectivity index (χ2n) is 5.13. The van der Waals surface area contributed by atoms with E-state index in [9.17, 15) is 8.42 Å². The molecule has 26 heavy (non-hydrogen) atoms. The minimum Gasteiger partial charge on any atom is -0.495 e. The Morgan fingerprint density at radius 1 is 1.15 bits per heavy atom. The van der Waals surface area contributed by atoms with Gasteiger partial charge in [-0.2, -0.15) is 0 Å². The number of nitrogens with one attached hydrogen (secondary N) is 3. The van der Waals surface area contributed by atoms with Crippen molar-refractivity contribution in [1.29, 1.82) is 0 Å². The molecule has 0 spiro atoms. The van der Waals surface area contributed by atoms with Crippen molar-refractivity contribution in [3.8, 4) is 11.5 Å². The third kappa shape index (κ3) is 4.99. The molecule has 0 aliphatic rings. The van der Waals surface area contributed by atoms with Crippen molar-refractivity contribution >= 4 is 38.7 Å². The number of sulfonamides is 1. The van der Waals surface area contributed by atoms with Crippen LogP contribution in [0.4, 0.5) is 11.4 Å². The van der Waals surface area contributed by atoms with Crippen LogP contribution in [-0.2, 0) is 10.0 Å². The molecular formula is C17H21N3O4S2. The van der Waals surface area contributed by atoms with Crippen molar-refractivity contribution in [2.24, 2.45) is 0 Å². The molecule has 0 aliphatic heterocycles. The number of benzene rings is 2. The summed E-state index contributed by atoms with van der Waals surface area (Å²) in [5.41, 5.74) is 0.998. The zero-order chi connectivity index (χ0) is 19.2. The lowest BCUT2D eigenvalue weighted by atomic mass is 10.3. The molecular weight excluding hydrogens is 374 g/mol. The molecule has 0 saturated heterocycles. The van der Waals surface area contributed by atoms with Gasteiger partial charge in [0.1, 0.15) is 11.5 Å². The van der Waals surface area contributed by atoms with Gasteiger partial charge in [0, 0.05) is 18.8 Å². The minimum absolute atomic E-state index is 0.0733. The summed E-state index contributed by atoms with van der Waals surface area (Å²) in [5, 5.41) is 6.10. The predicted octanol–water partition coefficient (Wildman–Crippen LogP) is 2.81. The third-order valence-corrected chi connectivity index (χ3v) is 5.06. The van der Waals surface area contributed by atoms with Gasteiger partial charge in [-0.25, -0.2) is 8.42 Å². The maximum Gasteiger partial charge on any atom is 0.262 e. The van der Waals surface area contributed by atoms with Crippen molar-refractivity contribution in [3.05, 3.63) is 42.5 Å². The molecule has 0 amide bonds. The lowest BCUT2D eigenvalue weighted by Gasteiger charge is -2.14. The average molecular weight is 396 g/mol. The van der Waals surface area contributed by atoms with Crippen molar-refractivity contribution in [2.75, 3.05) is 30.8 Å². The topological polar surface area (TPSA) is 88.7 Å². The van der Waals surface area contributed by atoms with Gasteiger partial charge in [0.2, 0.25) is 0 Å². The van der Waals surface area contributed by atoms with E-state index in [1.54, 1.807) is 37.4 Å². The molecule has 2 aromatic carbocycles. The normalized spacial score (nSPS) is 10.7. The smallest absolute Gasteiger partial charge is 0.262 e. The Morgan fingerprint density at radius 2 is 1.85 bits per heavy atom. The highest BCUT2D eigenvalue weighted by atomic mass is 32.2. The lowest BCUT2D eigenvalue weighted by Crippen LogP contribution is -2.24. The van der Waals surface area contributed by atoms with E-state index in [1.807, 2.05) is 6.92 Å². The first-order chi connectivity index (χ1) is 12.4. The molecule has 0 atom stereocenters. The summed E-state index contributed by atoms with van der Waals surface area (Å²) in [4.78, 5) is 0.0733. The van der Waals surface area contributed by atoms with Crippen LogP contribution in [0.25, 0.3) is 0 Å². The van der Waals surface area contributed by atoms with Crippen molar-refractivity contribution < 1.29 is 17.9 Å². The number of hydrogen-bond acceptors (Lipinski definition) is 5. The standard InChI is InChI=1S/C17H21N3O4S2/c1-4-24-13-7-5-12(6-8-13)20-26(21,22)14-9-10-15(16(11-14)23-3)19-17(25)18-2/h5-11,20H,4H2,1-3H3,(H2,18,19,25). The van der Waals surface area contributed by atoms with Crippen LogP contribution in [0, 0.1) is 0 Å². The Labute approximate surface area is 158 Å². The van der Waals surface area contributed by atoms with Gasteiger partial charge in [0.15, 0.2) is 5.11 Å². The number of thiocarbonyl (C=S) groups is 1. The van der Waals surface area contributed by atoms with Gasteiger partial charge in [-0.1, -0.05) is 0 Å². The van der Waals surface area contributed by atoms with Gasteiger partial charge in [-0.15, -0.1) is 0 Å². The van der Waals surface area contributed by atoms with E-state index >= 15 is 0 Å². The van der Waals surface area contributed by atoms with Crippen LogP contribution >= 0.6 is 12.2 Å². The van der Waals surface area contributed by atoms with Crippen molar-refractivity contribution in [2.45, 2.75) is 11.8 Å². The summed E-state index contributed by atoms with van der Waals surface area (Å²) in [5.74, 6) is 1.03. The van der Waals surface area contributed by atoms with Crippen LogP contribution < -0.4 is 24.8 Å². The summed E-state index contributed by atoms with van der Waals surface area (Å²) in [7, 11) is -0.629. The molecule has 0 unspecified atom stereocenters. The highest BCUT2D eigenvalue weighted by Crippen LogP contribution is 2.28. The molecule has 0 heterocycles. The summed E-state index contributed by atoms with van der Waals surface area (Å²) in [6.45, 7) is 2.42. The number of ether oxygens (including phenoxy) is 2. The van der Waals surface area contributed by atoms with Crippen molar-refractivity contribution in [1.82, 2.24) is 5.32 Å². The molecule has 0 aliphatic carbocycles. The van der Waals surface area contributed by atoms with Gasteiger partial charge in [-0.3, -0.25) is 4.72 Å².